The summed E-state index contributed by atoms with van der Waals surface area (Å²) >= 11 is 11.6. The first-order valence-electron chi connectivity index (χ1n) is 7.39. The average molecular weight is 414 g/mol. The van der Waals surface area contributed by atoms with Crippen LogP contribution in [0.5, 0.6) is 5.75 Å². The van der Waals surface area contributed by atoms with Crippen molar-refractivity contribution < 1.29 is 24.0 Å². The Kier molecular flexibility index (Phi) is 6.54. The van der Waals surface area contributed by atoms with Gasteiger partial charge in [0, 0.05) is 0 Å². The van der Waals surface area contributed by atoms with Crippen molar-refractivity contribution in [3.63, 3.8) is 0 Å². The van der Waals surface area contributed by atoms with Crippen LogP contribution in [0.4, 0.5) is 11.4 Å². The highest BCUT2D eigenvalue weighted by molar-refractivity contribution is 6.34. The predicted molar refractivity (Wildman–Crippen MR) is 97.4 cm³/mol. The molecule has 0 bridgehead atoms. The summed E-state index contributed by atoms with van der Waals surface area (Å²) in [5.74, 6) is -1.50. The Morgan fingerprint density at radius 2 is 1.96 bits per heavy atom. The summed E-state index contributed by atoms with van der Waals surface area (Å²) in [7, 11) is 1.36. The normalized spacial score (nSPS) is 11.4. The van der Waals surface area contributed by atoms with Crippen molar-refractivity contribution in [1.29, 1.82) is 0 Å². The zero-order valence-corrected chi connectivity index (χ0v) is 15.6. The minimum Gasteiger partial charge on any atom is -0.496 e. The molecule has 0 saturated heterocycles. The molecule has 11 heteroatoms. The van der Waals surface area contributed by atoms with Gasteiger partial charge in [-0.25, -0.2) is 9.78 Å². The summed E-state index contributed by atoms with van der Waals surface area (Å²) in [6.07, 6.45) is -1.28. The van der Waals surface area contributed by atoms with Crippen LogP contribution in [0.2, 0.25) is 10.2 Å². The second-order valence-corrected chi connectivity index (χ2v) is 5.94. The lowest BCUT2D eigenvalue weighted by molar-refractivity contribution is -0.384. The number of ether oxygens (including phenoxy) is 2. The van der Waals surface area contributed by atoms with Crippen LogP contribution in [0.1, 0.15) is 17.4 Å². The van der Waals surface area contributed by atoms with Crippen LogP contribution in [-0.4, -0.2) is 35.0 Å². The summed E-state index contributed by atoms with van der Waals surface area (Å²) in [5, 5.41) is 13.5. The number of nitro benzene ring substituents is 1. The SMILES string of the molecule is COc1ccc(NC(=O)C(C)OC(=O)c2nc(Cl)ccc2Cl)c([N+](=O)[O-])c1. The highest BCUT2D eigenvalue weighted by Crippen LogP contribution is 2.29. The van der Waals surface area contributed by atoms with Gasteiger partial charge in [-0.05, 0) is 31.2 Å². The fraction of sp³-hybridized carbons (Fsp3) is 0.188. The molecule has 9 nitrogen and oxygen atoms in total. The van der Waals surface area contributed by atoms with E-state index < -0.39 is 22.9 Å². The zero-order valence-electron chi connectivity index (χ0n) is 14.1. The molecule has 1 unspecified atom stereocenters. The molecule has 0 spiro atoms. The minimum absolute atomic E-state index is 0.00259. The molecule has 0 aliphatic carbocycles. The molecular weight excluding hydrogens is 401 g/mol. The number of carbonyl (C=O) groups excluding carboxylic acids is 2. The molecule has 1 atom stereocenters. The molecule has 0 aliphatic heterocycles. The number of pyridine rings is 1. The van der Waals surface area contributed by atoms with Crippen LogP contribution in [0.15, 0.2) is 30.3 Å². The number of rotatable bonds is 6. The largest absolute Gasteiger partial charge is 0.496 e. The van der Waals surface area contributed by atoms with Gasteiger partial charge in [-0.15, -0.1) is 0 Å². The molecule has 27 heavy (non-hydrogen) atoms. The van der Waals surface area contributed by atoms with E-state index >= 15 is 0 Å². The fourth-order valence-electron chi connectivity index (χ4n) is 1.96. The van der Waals surface area contributed by atoms with E-state index in [1.165, 1.54) is 38.3 Å². The van der Waals surface area contributed by atoms with Gasteiger partial charge >= 0.3 is 5.97 Å². The second-order valence-electron chi connectivity index (χ2n) is 5.14. The number of nitrogens with zero attached hydrogens (tertiary/aromatic N) is 2. The van der Waals surface area contributed by atoms with Crippen molar-refractivity contribution in [3.05, 3.63) is 56.3 Å². The maximum Gasteiger partial charge on any atom is 0.359 e. The first-order chi connectivity index (χ1) is 12.7. The maximum atomic E-state index is 12.2. The van der Waals surface area contributed by atoms with E-state index in [4.69, 9.17) is 32.7 Å². The summed E-state index contributed by atoms with van der Waals surface area (Å²) in [6, 6.07) is 6.65. The Labute approximate surface area is 163 Å². The Morgan fingerprint density at radius 3 is 2.59 bits per heavy atom. The van der Waals surface area contributed by atoms with Crippen LogP contribution in [-0.2, 0) is 9.53 Å². The third-order valence-electron chi connectivity index (χ3n) is 3.32. The molecule has 2 rings (SSSR count). The number of esters is 1. The lowest BCUT2D eigenvalue weighted by atomic mass is 10.2. The van der Waals surface area contributed by atoms with Gasteiger partial charge in [0.2, 0.25) is 0 Å². The fourth-order valence-corrected chi connectivity index (χ4v) is 2.29. The number of benzene rings is 1. The number of amides is 1. The van der Waals surface area contributed by atoms with Crippen molar-refractivity contribution in [2.24, 2.45) is 0 Å². The highest BCUT2D eigenvalue weighted by Gasteiger charge is 2.24. The lowest BCUT2D eigenvalue weighted by Gasteiger charge is -2.14. The number of hydrogen-bond acceptors (Lipinski definition) is 7. The van der Waals surface area contributed by atoms with E-state index in [1.807, 2.05) is 0 Å². The zero-order chi connectivity index (χ0) is 20.1. The summed E-state index contributed by atoms with van der Waals surface area (Å²) in [4.78, 5) is 38.6. The topological polar surface area (TPSA) is 121 Å². The van der Waals surface area contributed by atoms with E-state index in [9.17, 15) is 19.7 Å². The van der Waals surface area contributed by atoms with Gasteiger partial charge in [0.25, 0.3) is 11.6 Å². The van der Waals surface area contributed by atoms with E-state index in [0.717, 1.165) is 6.07 Å². The Balaban J connectivity index is 2.13. The first-order valence-corrected chi connectivity index (χ1v) is 8.15. The van der Waals surface area contributed by atoms with Crippen molar-refractivity contribution in [3.8, 4) is 5.75 Å². The Morgan fingerprint density at radius 1 is 1.26 bits per heavy atom. The standard InChI is InChI=1S/C16H13Cl2N3O6/c1-8(27-16(23)14-10(17)4-6-13(18)20-14)15(22)19-11-5-3-9(26-2)7-12(11)21(24)25/h3-8H,1-2H3,(H,19,22). The van der Waals surface area contributed by atoms with Crippen LogP contribution >= 0.6 is 23.2 Å². The molecule has 0 saturated carbocycles. The van der Waals surface area contributed by atoms with Crippen molar-refractivity contribution in [2.45, 2.75) is 13.0 Å². The van der Waals surface area contributed by atoms with Crippen molar-refractivity contribution >= 4 is 46.5 Å². The molecule has 1 aromatic carbocycles. The molecule has 1 aromatic heterocycles. The summed E-state index contributed by atoms with van der Waals surface area (Å²) in [5.41, 5.74) is -0.701. The number of nitro groups is 1. The smallest absolute Gasteiger partial charge is 0.359 e. The van der Waals surface area contributed by atoms with E-state index in [-0.39, 0.29) is 33.0 Å². The van der Waals surface area contributed by atoms with Crippen LogP contribution in [0.3, 0.4) is 0 Å². The Hall–Kier alpha value is -2.91. The minimum atomic E-state index is -1.28. The van der Waals surface area contributed by atoms with Crippen LogP contribution < -0.4 is 10.1 Å². The number of methoxy groups -OCH3 is 1. The van der Waals surface area contributed by atoms with Gasteiger partial charge in [0.05, 0.1) is 23.1 Å². The monoisotopic (exact) mass is 413 g/mol. The van der Waals surface area contributed by atoms with Gasteiger partial charge in [0.15, 0.2) is 11.8 Å². The average Bonchev–Trinajstić information content (AvgIpc) is 2.63. The molecular formula is C16H13Cl2N3O6. The predicted octanol–water partition coefficient (Wildman–Crippen LogP) is 3.49. The van der Waals surface area contributed by atoms with E-state index in [2.05, 4.69) is 10.3 Å². The van der Waals surface area contributed by atoms with Gasteiger partial charge in [-0.1, -0.05) is 23.2 Å². The van der Waals surface area contributed by atoms with E-state index in [0.29, 0.717) is 0 Å². The number of halogens is 2. The third kappa shape index (κ3) is 5.05. The Bertz CT molecular complexity index is 906. The summed E-state index contributed by atoms with van der Waals surface area (Å²) in [6.45, 7) is 1.29. The number of anilines is 1. The van der Waals surface area contributed by atoms with Gasteiger partial charge in [0.1, 0.15) is 16.6 Å². The number of carbonyl (C=O) groups is 2. The molecule has 1 N–H and O–H groups in total. The first kappa shape index (κ1) is 20.4. The van der Waals surface area contributed by atoms with Gasteiger partial charge < -0.3 is 14.8 Å². The number of hydrogen-bond donors (Lipinski definition) is 1. The van der Waals surface area contributed by atoms with Crippen molar-refractivity contribution in [1.82, 2.24) is 4.98 Å². The summed E-state index contributed by atoms with van der Waals surface area (Å²) < 4.78 is 9.92. The van der Waals surface area contributed by atoms with Crippen molar-refractivity contribution in [2.75, 3.05) is 12.4 Å². The van der Waals surface area contributed by atoms with Crippen LogP contribution in [0, 0.1) is 10.1 Å². The molecule has 0 fully saturated rings. The number of aromatic nitrogens is 1. The molecule has 142 valence electrons. The molecule has 1 heterocycles. The lowest BCUT2D eigenvalue weighted by Crippen LogP contribution is -2.30. The molecule has 0 aliphatic rings. The molecule has 2 aromatic rings. The highest BCUT2D eigenvalue weighted by atomic mass is 35.5. The molecule has 0 radical (unpaired) electrons. The third-order valence-corrected chi connectivity index (χ3v) is 3.83. The molecule has 1 amide bonds. The maximum absolute atomic E-state index is 12.2. The van der Waals surface area contributed by atoms with Gasteiger partial charge in [-0.3, -0.25) is 14.9 Å². The number of nitrogens with one attached hydrogen (secondary N) is 1. The van der Waals surface area contributed by atoms with Crippen LogP contribution in [0.25, 0.3) is 0 Å². The quantitative estimate of drug-likeness (QED) is 0.332. The second kappa shape index (κ2) is 8.65. The van der Waals surface area contributed by atoms with Gasteiger partial charge in [-0.2, -0.15) is 0 Å². The van der Waals surface area contributed by atoms with E-state index in [1.54, 1.807) is 0 Å².